The summed E-state index contributed by atoms with van der Waals surface area (Å²) < 4.78 is 14.8. The van der Waals surface area contributed by atoms with E-state index in [0.717, 1.165) is 55.8 Å². The maximum absolute atomic E-state index is 7.10. The van der Waals surface area contributed by atoms with Crippen molar-refractivity contribution in [2.24, 2.45) is 0 Å². The molecule has 0 spiro atoms. The lowest BCUT2D eigenvalue weighted by molar-refractivity contribution is 0.670. The summed E-state index contributed by atoms with van der Waals surface area (Å²) in [6.45, 7) is 0. The summed E-state index contributed by atoms with van der Waals surface area (Å²) in [7, 11) is 0. The fourth-order valence-electron chi connectivity index (χ4n) is 11.2. The lowest BCUT2D eigenvalue weighted by Crippen LogP contribution is -2.10. The van der Waals surface area contributed by atoms with Gasteiger partial charge >= 0.3 is 0 Å². The van der Waals surface area contributed by atoms with Gasteiger partial charge in [0.1, 0.15) is 11.2 Å². The van der Waals surface area contributed by atoms with E-state index in [1.54, 1.807) is 0 Å². The number of para-hydroxylation sites is 4. The minimum Gasteiger partial charge on any atom is -0.455 e. The summed E-state index contributed by atoms with van der Waals surface area (Å²) in [5.41, 5.74) is 15.3. The van der Waals surface area contributed by atoms with E-state index in [0.29, 0.717) is 0 Å². The van der Waals surface area contributed by atoms with Gasteiger partial charge in [0.15, 0.2) is 0 Å². The molecule has 0 fully saturated rings. The average molecular weight is 941 g/mol. The van der Waals surface area contributed by atoms with Gasteiger partial charge in [-0.25, -0.2) is 0 Å². The third kappa shape index (κ3) is 6.20. The first-order chi connectivity index (χ1) is 35.2. The summed E-state index contributed by atoms with van der Waals surface area (Å²) in [5, 5.41) is 9.81. The van der Waals surface area contributed by atoms with E-state index >= 15 is 0 Å². The molecule has 0 amide bonds. The largest absolute Gasteiger partial charge is 0.455 e. The monoisotopic (exact) mass is 940 g/mol. The minimum atomic E-state index is 0.850. The van der Waals surface area contributed by atoms with Crippen LogP contribution in [0.5, 0.6) is 0 Å². The van der Waals surface area contributed by atoms with E-state index in [2.05, 4.69) is 252 Å². The Hall–Kier alpha value is -8.74. The van der Waals surface area contributed by atoms with Crippen molar-refractivity contribution in [3.8, 4) is 39.1 Å². The molecule has 4 aromatic heterocycles. The lowest BCUT2D eigenvalue weighted by Gasteiger charge is -2.27. The number of benzene rings is 11. The van der Waals surface area contributed by atoms with Gasteiger partial charge in [0, 0.05) is 79.0 Å². The smallest absolute Gasteiger partial charge is 0.145 e. The van der Waals surface area contributed by atoms with Crippen LogP contribution in [0.1, 0.15) is 0 Å². The molecule has 0 bridgehead atoms. The number of fused-ring (bicyclic) bond motifs is 12. The van der Waals surface area contributed by atoms with Crippen LogP contribution >= 0.6 is 22.7 Å². The number of anilines is 3. The molecular weight excluding hydrogens is 901 g/mol. The molecule has 0 radical (unpaired) electrons. The molecule has 11 aromatic carbocycles. The van der Waals surface area contributed by atoms with Crippen molar-refractivity contribution in [1.82, 2.24) is 4.57 Å². The maximum Gasteiger partial charge on any atom is 0.145 e. The predicted octanol–water partition coefficient (Wildman–Crippen LogP) is 19.9. The Morgan fingerprint density at radius 1 is 0.338 bits per heavy atom. The first kappa shape index (κ1) is 40.2. The van der Waals surface area contributed by atoms with Crippen molar-refractivity contribution in [2.45, 2.75) is 0 Å². The predicted molar refractivity (Wildman–Crippen MR) is 305 cm³/mol. The third-order valence-corrected chi connectivity index (χ3v) is 16.9. The van der Waals surface area contributed by atoms with Gasteiger partial charge in [0.2, 0.25) is 0 Å². The van der Waals surface area contributed by atoms with E-state index in [1.165, 1.54) is 84.4 Å². The van der Waals surface area contributed by atoms with E-state index in [9.17, 15) is 0 Å². The van der Waals surface area contributed by atoms with Crippen molar-refractivity contribution in [3.05, 3.63) is 243 Å². The van der Waals surface area contributed by atoms with Crippen LogP contribution < -0.4 is 4.90 Å². The average Bonchev–Trinajstić information content (AvgIpc) is 4.21. The zero-order valence-corrected chi connectivity index (χ0v) is 39.8. The first-order valence-electron chi connectivity index (χ1n) is 24.1. The Morgan fingerprint density at radius 3 is 1.39 bits per heavy atom. The van der Waals surface area contributed by atoms with Crippen molar-refractivity contribution < 1.29 is 4.42 Å². The van der Waals surface area contributed by atoms with Crippen LogP contribution in [0, 0.1) is 0 Å². The van der Waals surface area contributed by atoms with Gasteiger partial charge < -0.3 is 13.9 Å². The Morgan fingerprint density at radius 2 is 0.803 bits per heavy atom. The molecule has 5 heteroatoms. The topological polar surface area (TPSA) is 21.3 Å². The summed E-state index contributed by atoms with van der Waals surface area (Å²) in [6, 6.07) is 88.5. The fraction of sp³-hybridized carbons (Fsp3) is 0. The molecule has 71 heavy (non-hydrogen) atoms. The molecule has 0 aliphatic heterocycles. The van der Waals surface area contributed by atoms with Crippen molar-refractivity contribution >= 4 is 124 Å². The molecule has 332 valence electrons. The van der Waals surface area contributed by atoms with Gasteiger partial charge in [-0.05, 0) is 95.1 Å². The van der Waals surface area contributed by atoms with Gasteiger partial charge in [-0.15, -0.1) is 22.7 Å². The van der Waals surface area contributed by atoms with E-state index in [1.807, 2.05) is 22.7 Å². The Balaban J connectivity index is 0.934. The number of nitrogens with zero attached hydrogens (tertiary/aromatic N) is 2. The van der Waals surface area contributed by atoms with Gasteiger partial charge in [-0.1, -0.05) is 170 Å². The summed E-state index contributed by atoms with van der Waals surface area (Å²) >= 11 is 3.74. The Bertz CT molecular complexity index is 4380. The molecule has 0 atom stereocenters. The first-order valence-corrected chi connectivity index (χ1v) is 25.7. The minimum absolute atomic E-state index is 0.850. The second-order valence-corrected chi connectivity index (χ2v) is 20.4. The standard InChI is InChI=1S/C66H40N2OS2/c1-7-25-56-47(15-1)48-16-2-8-26-57(48)68(56)58-27-9-3-17-49(58)52-39-40-59(63-55-20-4-10-28-60(55)69-64(52)63)67(43-35-31-41(32-36-43)45-21-13-23-53-50-18-5-11-29-61(50)70-65(45)53)44-37-33-42(34-38-44)46-22-14-24-54-51-19-6-12-30-62(51)71-66(46)54/h1-40H. The molecule has 0 aliphatic carbocycles. The fourth-order valence-corrected chi connectivity index (χ4v) is 13.7. The number of hydrogen-bond donors (Lipinski definition) is 0. The zero-order chi connectivity index (χ0) is 46.6. The van der Waals surface area contributed by atoms with Crippen molar-refractivity contribution in [2.75, 3.05) is 4.90 Å². The van der Waals surface area contributed by atoms with Crippen LogP contribution in [-0.2, 0) is 0 Å². The molecule has 0 aliphatic rings. The number of furan rings is 1. The molecule has 0 unspecified atom stereocenters. The number of rotatable bonds is 7. The van der Waals surface area contributed by atoms with E-state index in [4.69, 9.17) is 4.42 Å². The quantitative estimate of drug-likeness (QED) is 0.159. The maximum atomic E-state index is 7.10. The molecule has 0 saturated carbocycles. The van der Waals surface area contributed by atoms with Crippen LogP contribution in [0.25, 0.3) is 123 Å². The van der Waals surface area contributed by atoms with Crippen molar-refractivity contribution in [3.63, 3.8) is 0 Å². The summed E-state index contributed by atoms with van der Waals surface area (Å²) in [6.07, 6.45) is 0. The molecule has 0 N–H and O–H groups in total. The molecule has 15 rings (SSSR count). The summed E-state index contributed by atoms with van der Waals surface area (Å²) in [5.74, 6) is 0. The van der Waals surface area contributed by atoms with Crippen LogP contribution in [0.2, 0.25) is 0 Å². The summed E-state index contributed by atoms with van der Waals surface area (Å²) in [4.78, 5) is 2.42. The second-order valence-electron chi connectivity index (χ2n) is 18.3. The second kappa shape index (κ2) is 15.9. The zero-order valence-electron chi connectivity index (χ0n) is 38.2. The molecule has 4 heterocycles. The molecular formula is C66H40N2OS2. The molecule has 3 nitrogen and oxygen atoms in total. The van der Waals surface area contributed by atoms with Crippen LogP contribution in [0.3, 0.4) is 0 Å². The van der Waals surface area contributed by atoms with E-state index in [-0.39, 0.29) is 0 Å². The van der Waals surface area contributed by atoms with Gasteiger partial charge in [0.05, 0.1) is 27.8 Å². The number of aromatic nitrogens is 1. The Labute approximate surface area is 416 Å². The van der Waals surface area contributed by atoms with Gasteiger partial charge in [-0.3, -0.25) is 0 Å². The Kier molecular flexibility index (Phi) is 9.00. The van der Waals surface area contributed by atoms with E-state index < -0.39 is 0 Å². The van der Waals surface area contributed by atoms with Gasteiger partial charge in [-0.2, -0.15) is 0 Å². The highest BCUT2D eigenvalue weighted by molar-refractivity contribution is 7.26. The van der Waals surface area contributed by atoms with Crippen LogP contribution in [-0.4, -0.2) is 4.57 Å². The SMILES string of the molecule is c1ccc(-n2c3ccccc3c3ccccc32)c(-c2ccc(N(c3ccc(-c4cccc5c4sc4ccccc45)cc3)c3ccc(-c4cccc5c4sc4ccccc45)cc3)c3c2oc2ccccc23)c1. The highest BCUT2D eigenvalue weighted by Crippen LogP contribution is 2.49. The van der Waals surface area contributed by atoms with Crippen molar-refractivity contribution in [1.29, 1.82) is 0 Å². The highest BCUT2D eigenvalue weighted by Gasteiger charge is 2.25. The highest BCUT2D eigenvalue weighted by atomic mass is 32.1. The number of thiophene rings is 2. The molecule has 15 aromatic rings. The lowest BCUT2D eigenvalue weighted by atomic mass is 9.97. The van der Waals surface area contributed by atoms with Crippen LogP contribution in [0.4, 0.5) is 17.1 Å². The molecule has 0 saturated heterocycles. The number of hydrogen-bond acceptors (Lipinski definition) is 4. The van der Waals surface area contributed by atoms with Crippen LogP contribution in [0.15, 0.2) is 247 Å². The van der Waals surface area contributed by atoms with Gasteiger partial charge in [0.25, 0.3) is 0 Å². The normalized spacial score (nSPS) is 11.9. The third-order valence-electron chi connectivity index (χ3n) is 14.4.